The molecule has 0 spiro atoms. The fraction of sp³-hybridized carbons (Fsp3) is 0.333. The van der Waals surface area contributed by atoms with Crippen molar-refractivity contribution in [2.24, 2.45) is 0 Å². The summed E-state index contributed by atoms with van der Waals surface area (Å²) >= 11 is 0. The summed E-state index contributed by atoms with van der Waals surface area (Å²) in [4.78, 5) is 0.447. The summed E-state index contributed by atoms with van der Waals surface area (Å²) in [6, 6.07) is 25.4. The van der Waals surface area contributed by atoms with Gasteiger partial charge in [-0.25, -0.2) is 16.8 Å². The van der Waals surface area contributed by atoms with Gasteiger partial charge in [0.1, 0.15) is 5.75 Å². The smallest absolute Gasteiger partial charge is 0.265 e. The molecule has 0 aliphatic carbocycles. The number of benzene rings is 4. The summed E-state index contributed by atoms with van der Waals surface area (Å²) in [5.41, 5.74) is 5.89. The Bertz CT molecular complexity index is 2190. The van der Waals surface area contributed by atoms with E-state index in [1.165, 1.54) is 4.31 Å². The Labute approximate surface area is 305 Å². The topological polar surface area (TPSA) is 84.0 Å². The number of fused-ring (bicyclic) bond motifs is 1. The van der Waals surface area contributed by atoms with Crippen molar-refractivity contribution >= 4 is 42.6 Å². The monoisotopic (exact) mass is 726 g/mol. The number of nitrogens with zero attached hydrogens (tertiary/aromatic N) is 2. The summed E-state index contributed by atoms with van der Waals surface area (Å²) in [5, 5.41) is 0. The zero-order valence-corrected chi connectivity index (χ0v) is 32.9. The lowest BCUT2D eigenvalue weighted by Crippen LogP contribution is -2.49. The van der Waals surface area contributed by atoms with Crippen molar-refractivity contribution in [3.63, 3.8) is 0 Å². The van der Waals surface area contributed by atoms with Gasteiger partial charge in [-0.3, -0.25) is 8.61 Å². The van der Waals surface area contributed by atoms with Crippen LogP contribution in [-0.4, -0.2) is 34.5 Å². The van der Waals surface area contributed by atoms with Crippen LogP contribution in [0, 0.1) is 13.8 Å². The van der Waals surface area contributed by atoms with Crippen LogP contribution in [0.25, 0.3) is 11.1 Å². The second-order valence-electron chi connectivity index (χ2n) is 14.9. The molecular weight excluding hydrogens is 677 g/mol. The van der Waals surface area contributed by atoms with E-state index < -0.39 is 31.1 Å². The van der Waals surface area contributed by atoms with E-state index >= 15 is 0 Å². The molecule has 1 aliphatic heterocycles. The quantitative estimate of drug-likeness (QED) is 0.154. The molecule has 5 rings (SSSR count). The van der Waals surface area contributed by atoms with E-state index in [-0.39, 0.29) is 9.79 Å². The van der Waals surface area contributed by atoms with Crippen molar-refractivity contribution in [3.8, 4) is 5.75 Å². The third kappa shape index (κ3) is 7.65. The third-order valence-electron chi connectivity index (χ3n) is 9.04. The van der Waals surface area contributed by atoms with E-state index in [0.29, 0.717) is 42.1 Å². The lowest BCUT2D eigenvalue weighted by molar-refractivity contribution is 0.340. The normalized spacial score (nSPS) is 14.5. The molecule has 0 atom stereocenters. The van der Waals surface area contributed by atoms with Crippen molar-refractivity contribution in [2.75, 3.05) is 15.2 Å². The van der Waals surface area contributed by atoms with Crippen LogP contribution in [-0.2, 0) is 26.5 Å². The van der Waals surface area contributed by atoms with Crippen LogP contribution in [0.1, 0.15) is 82.7 Å². The van der Waals surface area contributed by atoms with Gasteiger partial charge in [-0.1, -0.05) is 54.6 Å². The fourth-order valence-electron chi connectivity index (χ4n) is 6.77. The van der Waals surface area contributed by atoms with Gasteiger partial charge in [-0.2, -0.15) is 0 Å². The molecule has 9 heteroatoms. The molecule has 0 amide bonds. The Hall–Kier alpha value is -4.34. The van der Waals surface area contributed by atoms with Gasteiger partial charge in [-0.15, -0.1) is 0 Å². The average Bonchev–Trinajstić information content (AvgIpc) is 3.03. The molecule has 1 aliphatic rings. The lowest BCUT2D eigenvalue weighted by atomic mass is 9.87. The van der Waals surface area contributed by atoms with Crippen LogP contribution in [0.4, 0.5) is 11.4 Å². The molecule has 4 aromatic rings. The molecule has 0 saturated carbocycles. The van der Waals surface area contributed by atoms with Crippen molar-refractivity contribution < 1.29 is 21.6 Å². The summed E-state index contributed by atoms with van der Waals surface area (Å²) in [5.74, 6) is 0.657. The average molecular weight is 727 g/mol. The first-order chi connectivity index (χ1) is 23.8. The SMILES string of the molecule is C=C(C)c1cc(OCC)ccc1N(C(C)(C)C)S(=O)(=O)c1ccc(CCC2=CC(C)(C)N(S(=O)(=O)c3ccc(C)cc3)c3cc(C)ccc32)cc1. The first-order valence-corrected chi connectivity index (χ1v) is 20.2. The molecule has 4 aromatic carbocycles. The van der Waals surface area contributed by atoms with Gasteiger partial charge in [0.25, 0.3) is 20.0 Å². The van der Waals surface area contributed by atoms with Crippen molar-refractivity contribution in [1.29, 1.82) is 0 Å². The Kier molecular flexibility index (Phi) is 10.4. The second kappa shape index (κ2) is 14.0. The van der Waals surface area contributed by atoms with E-state index in [4.69, 9.17) is 4.74 Å². The maximum Gasteiger partial charge on any atom is 0.265 e. The molecule has 0 N–H and O–H groups in total. The zero-order chi connectivity index (χ0) is 37.5. The molecule has 0 fully saturated rings. The first-order valence-electron chi connectivity index (χ1n) is 17.3. The molecule has 0 aromatic heterocycles. The van der Waals surface area contributed by atoms with Crippen molar-refractivity contribution in [1.82, 2.24) is 0 Å². The van der Waals surface area contributed by atoms with Crippen molar-refractivity contribution in [2.45, 2.75) is 96.0 Å². The highest BCUT2D eigenvalue weighted by Crippen LogP contribution is 2.44. The summed E-state index contributed by atoms with van der Waals surface area (Å²) in [6.07, 6.45) is 3.33. The number of hydrogen-bond donors (Lipinski definition) is 0. The molecular formula is C42H50N2O5S2. The molecule has 0 saturated heterocycles. The summed E-state index contributed by atoms with van der Waals surface area (Å²) in [7, 11) is -7.83. The maximum atomic E-state index is 14.4. The Morgan fingerprint density at radius 2 is 1.43 bits per heavy atom. The lowest BCUT2D eigenvalue weighted by Gasteiger charge is -2.42. The highest BCUT2D eigenvalue weighted by atomic mass is 32.2. The van der Waals surface area contributed by atoms with Crippen LogP contribution in [0.5, 0.6) is 5.75 Å². The van der Waals surface area contributed by atoms with Gasteiger partial charge >= 0.3 is 0 Å². The van der Waals surface area contributed by atoms with Gasteiger partial charge < -0.3 is 4.74 Å². The van der Waals surface area contributed by atoms with E-state index in [9.17, 15) is 16.8 Å². The maximum absolute atomic E-state index is 14.4. The Morgan fingerprint density at radius 1 is 0.824 bits per heavy atom. The highest BCUT2D eigenvalue weighted by Gasteiger charge is 2.41. The number of rotatable bonds is 11. The van der Waals surface area contributed by atoms with E-state index in [1.54, 1.807) is 40.7 Å². The van der Waals surface area contributed by atoms with Gasteiger partial charge in [0.15, 0.2) is 0 Å². The minimum Gasteiger partial charge on any atom is -0.494 e. The standard InChI is InChI=1S/C42H50N2O5S2/c1-11-49-34-19-25-39(38(27-34)29(2)3)43(41(6,7)8)50(45,46)36-22-16-32(17-23-36)15-18-33-28-42(9,10)44(40-26-31(5)14-24-37(33)40)51(47,48)35-20-12-30(4)13-21-35/h12-14,16-17,19-28H,2,11,15,18H2,1,3-10H3. The number of allylic oxidation sites excluding steroid dienone is 2. The summed E-state index contributed by atoms with van der Waals surface area (Å²) < 4.78 is 65.6. The van der Waals surface area contributed by atoms with E-state index in [1.807, 2.05) is 117 Å². The minimum absolute atomic E-state index is 0.193. The summed E-state index contributed by atoms with van der Waals surface area (Å²) in [6.45, 7) is 21.8. The van der Waals surface area contributed by atoms with Crippen LogP contribution >= 0.6 is 0 Å². The molecule has 0 bridgehead atoms. The molecule has 270 valence electrons. The Morgan fingerprint density at radius 3 is 2.02 bits per heavy atom. The molecule has 1 heterocycles. The molecule has 0 radical (unpaired) electrons. The predicted molar refractivity (Wildman–Crippen MR) is 211 cm³/mol. The van der Waals surface area contributed by atoms with Crippen molar-refractivity contribution in [3.05, 3.63) is 125 Å². The molecule has 0 unspecified atom stereocenters. The molecule has 7 nitrogen and oxygen atoms in total. The van der Waals surface area contributed by atoms with Gasteiger partial charge in [-0.05, 0) is 146 Å². The van der Waals surface area contributed by atoms with Gasteiger partial charge in [0.2, 0.25) is 0 Å². The van der Waals surface area contributed by atoms with Gasteiger partial charge in [0.05, 0.1) is 33.3 Å². The Balaban J connectivity index is 1.44. The molecule has 51 heavy (non-hydrogen) atoms. The fourth-order valence-corrected chi connectivity index (χ4v) is 10.4. The van der Waals surface area contributed by atoms with Gasteiger partial charge in [0, 0.05) is 16.7 Å². The van der Waals surface area contributed by atoms with E-state index in [0.717, 1.165) is 33.4 Å². The third-order valence-corrected chi connectivity index (χ3v) is 13.1. The zero-order valence-electron chi connectivity index (χ0n) is 31.2. The predicted octanol–water partition coefficient (Wildman–Crippen LogP) is 9.73. The first kappa shape index (κ1) is 37.9. The van der Waals surface area contributed by atoms with Crippen LogP contribution in [0.2, 0.25) is 0 Å². The van der Waals surface area contributed by atoms with E-state index in [2.05, 4.69) is 6.58 Å². The van der Waals surface area contributed by atoms with Crippen LogP contribution in [0.15, 0.2) is 107 Å². The second-order valence-corrected chi connectivity index (χ2v) is 18.5. The number of hydrogen-bond acceptors (Lipinski definition) is 5. The number of sulfonamides is 2. The highest BCUT2D eigenvalue weighted by molar-refractivity contribution is 7.93. The minimum atomic E-state index is -3.97. The largest absolute Gasteiger partial charge is 0.494 e. The number of ether oxygens (including phenoxy) is 1. The number of aryl methyl sites for hydroxylation is 3. The number of anilines is 2. The van der Waals surface area contributed by atoms with Crippen LogP contribution < -0.4 is 13.3 Å². The van der Waals surface area contributed by atoms with Crippen LogP contribution in [0.3, 0.4) is 0 Å².